The molecule has 0 heterocycles. The number of hydrogen-bond acceptors (Lipinski definition) is 7. The van der Waals surface area contributed by atoms with Gasteiger partial charge in [-0.3, -0.25) is 14.4 Å². The zero-order valence-corrected chi connectivity index (χ0v) is 16.4. The Morgan fingerprint density at radius 3 is 2.36 bits per heavy atom. The van der Waals surface area contributed by atoms with Crippen LogP contribution >= 0.6 is 0 Å². The highest BCUT2D eigenvalue weighted by Gasteiger charge is 2.57. The maximum absolute atomic E-state index is 14.3. The second kappa shape index (κ2) is 8.68. The van der Waals surface area contributed by atoms with E-state index in [1.807, 2.05) is 0 Å². The number of halogens is 1. The Balaban J connectivity index is 2.65. The van der Waals surface area contributed by atoms with E-state index >= 15 is 0 Å². The Hall–Kier alpha value is -2.48. The van der Waals surface area contributed by atoms with Crippen LogP contribution in [0.5, 0.6) is 5.75 Å². The van der Waals surface area contributed by atoms with Gasteiger partial charge in [0.15, 0.2) is 17.3 Å². The van der Waals surface area contributed by atoms with Gasteiger partial charge in [-0.05, 0) is 38.5 Å². The second-order valence-electron chi connectivity index (χ2n) is 6.88. The summed E-state index contributed by atoms with van der Waals surface area (Å²) in [6.07, 6.45) is -0.422. The molecule has 4 atom stereocenters. The number of hydrogen-bond donors (Lipinski definition) is 1. The fraction of sp³-hybridized carbons (Fsp3) is 0.550. The normalized spacial score (nSPS) is 27.2. The van der Waals surface area contributed by atoms with Crippen molar-refractivity contribution >= 4 is 17.7 Å². The highest BCUT2D eigenvalue weighted by molar-refractivity contribution is 6.02. The number of ketones is 1. The van der Waals surface area contributed by atoms with E-state index in [9.17, 15) is 23.9 Å². The third-order valence-electron chi connectivity index (χ3n) is 4.91. The molecule has 0 aliphatic heterocycles. The number of carbonyl (C=O) groups excluding carboxylic acids is 3. The summed E-state index contributed by atoms with van der Waals surface area (Å²) in [4.78, 5) is 37.9. The fourth-order valence-corrected chi connectivity index (χ4v) is 3.77. The Morgan fingerprint density at radius 2 is 1.82 bits per heavy atom. The van der Waals surface area contributed by atoms with E-state index in [1.54, 1.807) is 13.8 Å². The lowest BCUT2D eigenvalue weighted by molar-refractivity contribution is -0.172. The summed E-state index contributed by atoms with van der Waals surface area (Å²) in [5.74, 6) is -6.68. The quantitative estimate of drug-likeness (QED) is 0.580. The van der Waals surface area contributed by atoms with E-state index in [0.717, 1.165) is 6.07 Å². The number of methoxy groups -OCH3 is 1. The fourth-order valence-electron chi connectivity index (χ4n) is 3.77. The molecule has 2 rings (SSSR count). The van der Waals surface area contributed by atoms with Gasteiger partial charge in [0.05, 0.1) is 31.8 Å². The van der Waals surface area contributed by atoms with Crippen molar-refractivity contribution in [2.24, 2.45) is 11.8 Å². The SMILES string of the molecule is CCOC(=O)C1C(=O)CC(C)(O)C(C(=O)OCC)C1c1ccc(OC)c(F)c1. The third-order valence-corrected chi connectivity index (χ3v) is 4.91. The maximum atomic E-state index is 14.3. The van der Waals surface area contributed by atoms with Crippen molar-refractivity contribution < 1.29 is 38.1 Å². The molecule has 0 spiro atoms. The minimum Gasteiger partial charge on any atom is -0.494 e. The number of aliphatic hydroxyl groups is 1. The van der Waals surface area contributed by atoms with E-state index in [2.05, 4.69) is 0 Å². The van der Waals surface area contributed by atoms with Crippen LogP contribution in [0.2, 0.25) is 0 Å². The Labute approximate surface area is 162 Å². The van der Waals surface area contributed by atoms with Gasteiger partial charge in [0.1, 0.15) is 5.92 Å². The molecule has 0 bridgehead atoms. The monoisotopic (exact) mass is 396 g/mol. The van der Waals surface area contributed by atoms with Gasteiger partial charge in [0.2, 0.25) is 0 Å². The third kappa shape index (κ3) is 4.16. The molecule has 8 heteroatoms. The molecule has 154 valence electrons. The average Bonchev–Trinajstić information content (AvgIpc) is 2.60. The van der Waals surface area contributed by atoms with Gasteiger partial charge < -0.3 is 19.3 Å². The number of carbonyl (C=O) groups is 3. The van der Waals surface area contributed by atoms with E-state index in [4.69, 9.17) is 14.2 Å². The molecule has 1 aliphatic carbocycles. The van der Waals surface area contributed by atoms with Crippen LogP contribution in [0.1, 0.15) is 38.7 Å². The Bertz CT molecular complexity index is 759. The summed E-state index contributed by atoms with van der Waals surface area (Å²) in [6.45, 7) is 4.61. The van der Waals surface area contributed by atoms with E-state index < -0.39 is 53.3 Å². The first-order valence-corrected chi connectivity index (χ1v) is 9.09. The summed E-state index contributed by atoms with van der Waals surface area (Å²) in [5, 5.41) is 10.8. The van der Waals surface area contributed by atoms with Crippen LogP contribution in [0.4, 0.5) is 4.39 Å². The lowest BCUT2D eigenvalue weighted by Crippen LogP contribution is -2.55. The van der Waals surface area contributed by atoms with Crippen LogP contribution in [0, 0.1) is 17.7 Å². The first-order valence-electron chi connectivity index (χ1n) is 9.09. The zero-order valence-electron chi connectivity index (χ0n) is 16.4. The lowest BCUT2D eigenvalue weighted by atomic mass is 9.61. The molecule has 1 N–H and O–H groups in total. The zero-order chi connectivity index (χ0) is 21.1. The molecule has 1 fully saturated rings. The van der Waals surface area contributed by atoms with E-state index in [0.29, 0.717) is 0 Å². The molecular weight excluding hydrogens is 371 g/mol. The van der Waals surface area contributed by atoms with Crippen LogP contribution in [0.15, 0.2) is 18.2 Å². The number of benzene rings is 1. The minimum absolute atomic E-state index is 0.0296. The van der Waals surface area contributed by atoms with Crippen molar-refractivity contribution in [2.75, 3.05) is 20.3 Å². The molecule has 0 radical (unpaired) electrons. The van der Waals surface area contributed by atoms with Crippen LogP contribution in [-0.2, 0) is 23.9 Å². The van der Waals surface area contributed by atoms with Crippen molar-refractivity contribution in [3.63, 3.8) is 0 Å². The first kappa shape index (κ1) is 21.8. The molecule has 1 saturated carbocycles. The number of ether oxygens (including phenoxy) is 3. The predicted molar refractivity (Wildman–Crippen MR) is 96.2 cm³/mol. The largest absolute Gasteiger partial charge is 0.494 e. The summed E-state index contributed by atoms with van der Waals surface area (Å²) in [7, 11) is 1.30. The first-order chi connectivity index (χ1) is 13.2. The van der Waals surface area contributed by atoms with Crippen LogP contribution < -0.4 is 4.74 Å². The molecule has 0 saturated heterocycles. The Kier molecular flexibility index (Phi) is 6.77. The Morgan fingerprint density at radius 1 is 1.21 bits per heavy atom. The van der Waals surface area contributed by atoms with Crippen molar-refractivity contribution in [2.45, 2.75) is 38.7 Å². The molecule has 0 amide bonds. The summed E-state index contributed by atoms with van der Waals surface area (Å²) >= 11 is 0. The van der Waals surface area contributed by atoms with Gasteiger partial charge in [-0.1, -0.05) is 6.07 Å². The van der Waals surface area contributed by atoms with Gasteiger partial charge in [0, 0.05) is 12.3 Å². The standard InChI is InChI=1S/C20H25FO7/c1-5-27-18(23)16-13(22)10-20(3,25)17(19(24)28-6-2)15(16)11-7-8-14(26-4)12(21)9-11/h7-9,15-17,25H,5-6,10H2,1-4H3. The lowest BCUT2D eigenvalue weighted by Gasteiger charge is -2.43. The van der Waals surface area contributed by atoms with Gasteiger partial charge in [0.25, 0.3) is 0 Å². The minimum atomic E-state index is -1.77. The summed E-state index contributed by atoms with van der Waals surface area (Å²) in [5.41, 5.74) is -1.57. The van der Waals surface area contributed by atoms with Gasteiger partial charge in [-0.15, -0.1) is 0 Å². The summed E-state index contributed by atoms with van der Waals surface area (Å²) in [6, 6.07) is 3.89. The van der Waals surface area contributed by atoms with Crippen molar-refractivity contribution in [1.29, 1.82) is 0 Å². The number of Topliss-reactive ketones (excluding diaryl/α,β-unsaturated/α-hetero) is 1. The van der Waals surface area contributed by atoms with E-state index in [1.165, 1.54) is 26.2 Å². The highest BCUT2D eigenvalue weighted by atomic mass is 19.1. The molecule has 4 unspecified atom stereocenters. The molecule has 1 aromatic rings. The van der Waals surface area contributed by atoms with Crippen molar-refractivity contribution in [3.05, 3.63) is 29.6 Å². The highest BCUT2D eigenvalue weighted by Crippen LogP contribution is 2.47. The van der Waals surface area contributed by atoms with Crippen LogP contribution in [0.3, 0.4) is 0 Å². The maximum Gasteiger partial charge on any atom is 0.317 e. The summed E-state index contributed by atoms with van der Waals surface area (Å²) < 4.78 is 29.4. The van der Waals surface area contributed by atoms with Crippen LogP contribution in [-0.4, -0.2) is 48.8 Å². The van der Waals surface area contributed by atoms with Gasteiger partial charge in [-0.25, -0.2) is 4.39 Å². The second-order valence-corrected chi connectivity index (χ2v) is 6.88. The number of esters is 2. The molecule has 1 aromatic carbocycles. The van der Waals surface area contributed by atoms with Crippen molar-refractivity contribution in [1.82, 2.24) is 0 Å². The van der Waals surface area contributed by atoms with Crippen LogP contribution in [0.25, 0.3) is 0 Å². The average molecular weight is 396 g/mol. The molecule has 1 aliphatic rings. The molecular formula is C20H25FO7. The van der Waals surface area contributed by atoms with Gasteiger partial charge >= 0.3 is 11.9 Å². The molecule has 28 heavy (non-hydrogen) atoms. The molecule has 0 aromatic heterocycles. The topological polar surface area (TPSA) is 99.1 Å². The molecule has 7 nitrogen and oxygen atoms in total. The smallest absolute Gasteiger partial charge is 0.317 e. The van der Waals surface area contributed by atoms with Crippen molar-refractivity contribution in [3.8, 4) is 5.75 Å². The predicted octanol–water partition coefficient (Wildman–Crippen LogP) is 2.00. The number of rotatable bonds is 6. The van der Waals surface area contributed by atoms with E-state index in [-0.39, 0.29) is 24.5 Å². The van der Waals surface area contributed by atoms with Gasteiger partial charge in [-0.2, -0.15) is 0 Å².